The highest BCUT2D eigenvalue weighted by molar-refractivity contribution is 6.04. The summed E-state index contributed by atoms with van der Waals surface area (Å²) in [5, 5.41) is 5.57. The van der Waals surface area contributed by atoms with Crippen molar-refractivity contribution in [1.82, 2.24) is 20.4 Å². The first-order valence-corrected chi connectivity index (χ1v) is 7.11. The second-order valence-electron chi connectivity index (χ2n) is 5.61. The Morgan fingerprint density at radius 2 is 2.05 bits per heavy atom. The summed E-state index contributed by atoms with van der Waals surface area (Å²) in [5.74, 6) is 1.03. The Balaban J connectivity index is 2.17. The third-order valence-electron chi connectivity index (χ3n) is 3.73. The van der Waals surface area contributed by atoms with Crippen LogP contribution in [0.15, 0.2) is 4.99 Å². The van der Waals surface area contributed by atoms with E-state index in [9.17, 15) is 9.59 Å². The molecule has 0 aromatic rings. The molecule has 2 N–H and O–H groups in total. The molecular weight excluding hydrogens is 258 g/mol. The van der Waals surface area contributed by atoms with Gasteiger partial charge in [-0.05, 0) is 19.3 Å². The number of amides is 3. The summed E-state index contributed by atoms with van der Waals surface area (Å²) in [6.45, 7) is 7.67. The first-order valence-electron chi connectivity index (χ1n) is 7.11. The van der Waals surface area contributed by atoms with Gasteiger partial charge in [0.1, 0.15) is 6.17 Å². The molecule has 7 nitrogen and oxygen atoms in total. The maximum atomic E-state index is 12.0. The van der Waals surface area contributed by atoms with Crippen LogP contribution in [0.5, 0.6) is 0 Å². The SMILES string of the molecule is CCN1C(=NCCC(C)C)NC2C1C(=O)NC(=O)N2C. The minimum absolute atomic E-state index is 0.262. The highest BCUT2D eigenvalue weighted by Gasteiger charge is 2.49. The number of guanidine groups is 1. The second kappa shape index (κ2) is 5.68. The largest absolute Gasteiger partial charge is 0.334 e. The molecule has 0 aromatic heterocycles. The number of urea groups is 1. The molecule has 2 aliphatic heterocycles. The smallest absolute Gasteiger partial charge is 0.325 e. The van der Waals surface area contributed by atoms with Gasteiger partial charge < -0.3 is 15.1 Å². The molecule has 2 saturated heterocycles. The first kappa shape index (κ1) is 14.6. The van der Waals surface area contributed by atoms with Crippen molar-refractivity contribution in [3.8, 4) is 0 Å². The maximum Gasteiger partial charge on any atom is 0.325 e. The van der Waals surface area contributed by atoms with Gasteiger partial charge in [0.25, 0.3) is 5.91 Å². The van der Waals surface area contributed by atoms with Gasteiger partial charge in [-0.3, -0.25) is 15.1 Å². The number of fused-ring (bicyclic) bond motifs is 1. The molecule has 0 aliphatic carbocycles. The summed E-state index contributed by atoms with van der Waals surface area (Å²) in [7, 11) is 1.68. The summed E-state index contributed by atoms with van der Waals surface area (Å²) in [6.07, 6.45) is 0.660. The molecule has 0 bridgehead atoms. The Kier molecular flexibility index (Phi) is 4.15. The molecule has 20 heavy (non-hydrogen) atoms. The molecule has 2 fully saturated rings. The molecule has 0 saturated carbocycles. The van der Waals surface area contributed by atoms with Crippen molar-refractivity contribution in [3.63, 3.8) is 0 Å². The number of nitrogens with one attached hydrogen (secondary N) is 2. The molecule has 0 aromatic carbocycles. The summed E-state index contributed by atoms with van der Waals surface area (Å²) in [6, 6.07) is -0.774. The van der Waals surface area contributed by atoms with Gasteiger partial charge in [0.15, 0.2) is 12.0 Å². The van der Waals surface area contributed by atoms with E-state index >= 15 is 0 Å². The third kappa shape index (κ3) is 2.57. The highest BCUT2D eigenvalue weighted by Crippen LogP contribution is 2.20. The van der Waals surface area contributed by atoms with Crippen LogP contribution in [-0.4, -0.2) is 60.0 Å². The predicted molar refractivity (Wildman–Crippen MR) is 76.2 cm³/mol. The molecule has 3 amide bonds. The molecule has 2 atom stereocenters. The van der Waals surface area contributed by atoms with Crippen LogP contribution >= 0.6 is 0 Å². The van der Waals surface area contributed by atoms with Crippen molar-refractivity contribution in [2.75, 3.05) is 20.1 Å². The van der Waals surface area contributed by atoms with E-state index in [0.717, 1.165) is 13.0 Å². The Labute approximate surface area is 119 Å². The van der Waals surface area contributed by atoms with Crippen LogP contribution in [0.2, 0.25) is 0 Å². The summed E-state index contributed by atoms with van der Waals surface area (Å²) in [5.41, 5.74) is 0. The van der Waals surface area contributed by atoms with Gasteiger partial charge in [-0.2, -0.15) is 0 Å². The van der Waals surface area contributed by atoms with Crippen molar-refractivity contribution in [2.24, 2.45) is 10.9 Å². The Hall–Kier alpha value is -1.79. The fourth-order valence-corrected chi connectivity index (χ4v) is 2.50. The lowest BCUT2D eigenvalue weighted by Crippen LogP contribution is -2.64. The molecule has 0 radical (unpaired) electrons. The van der Waals surface area contributed by atoms with Gasteiger partial charge in [-0.1, -0.05) is 13.8 Å². The topological polar surface area (TPSA) is 77.0 Å². The molecule has 2 rings (SSSR count). The molecule has 0 spiro atoms. The summed E-state index contributed by atoms with van der Waals surface area (Å²) in [4.78, 5) is 31.7. The first-order chi connectivity index (χ1) is 9.45. The van der Waals surface area contributed by atoms with Crippen LogP contribution in [0.3, 0.4) is 0 Å². The van der Waals surface area contributed by atoms with E-state index < -0.39 is 6.04 Å². The van der Waals surface area contributed by atoms with Crippen LogP contribution in [0, 0.1) is 5.92 Å². The van der Waals surface area contributed by atoms with Gasteiger partial charge in [-0.25, -0.2) is 4.79 Å². The van der Waals surface area contributed by atoms with E-state index in [1.54, 1.807) is 7.05 Å². The molecule has 112 valence electrons. The van der Waals surface area contributed by atoms with E-state index in [2.05, 4.69) is 29.5 Å². The van der Waals surface area contributed by atoms with E-state index in [0.29, 0.717) is 18.4 Å². The third-order valence-corrected chi connectivity index (χ3v) is 3.73. The van der Waals surface area contributed by atoms with Crippen LogP contribution in [0.1, 0.15) is 27.2 Å². The van der Waals surface area contributed by atoms with Crippen molar-refractivity contribution >= 4 is 17.9 Å². The van der Waals surface area contributed by atoms with Crippen LogP contribution in [0.25, 0.3) is 0 Å². The minimum atomic E-state index is -0.402. The Bertz CT molecular complexity index is 434. The van der Waals surface area contributed by atoms with Gasteiger partial charge in [0.05, 0.1) is 0 Å². The standard InChI is InChI=1S/C13H23N5O2/c1-5-18-9-10(17(4)13(20)16-11(9)19)15-12(18)14-7-6-8(2)3/h8-10H,5-7H2,1-4H3,(H,14,15)(H,16,19,20). The fourth-order valence-electron chi connectivity index (χ4n) is 2.50. The lowest BCUT2D eigenvalue weighted by Gasteiger charge is -2.34. The zero-order valence-electron chi connectivity index (χ0n) is 12.5. The zero-order valence-corrected chi connectivity index (χ0v) is 12.5. The van der Waals surface area contributed by atoms with Crippen LogP contribution in [-0.2, 0) is 4.79 Å². The average Bonchev–Trinajstić information content (AvgIpc) is 2.75. The van der Waals surface area contributed by atoms with E-state index in [-0.39, 0.29) is 18.1 Å². The minimum Gasteiger partial charge on any atom is -0.334 e. The van der Waals surface area contributed by atoms with Gasteiger partial charge in [0, 0.05) is 20.1 Å². The molecule has 2 aliphatic rings. The molecule has 2 unspecified atom stereocenters. The lowest BCUT2D eigenvalue weighted by molar-refractivity contribution is -0.127. The highest BCUT2D eigenvalue weighted by atomic mass is 16.2. The van der Waals surface area contributed by atoms with Crippen molar-refractivity contribution in [3.05, 3.63) is 0 Å². The summed E-state index contributed by atoms with van der Waals surface area (Å²) < 4.78 is 0. The normalized spacial score (nSPS) is 27.9. The fraction of sp³-hybridized carbons (Fsp3) is 0.769. The number of likely N-dealkylation sites (N-methyl/N-ethyl adjacent to an activating group) is 2. The lowest BCUT2D eigenvalue weighted by atomic mass is 10.1. The number of carbonyl (C=O) groups excluding carboxylic acids is 2. The summed E-state index contributed by atoms with van der Waals surface area (Å²) >= 11 is 0. The van der Waals surface area contributed by atoms with Crippen molar-refractivity contribution in [1.29, 1.82) is 0 Å². The Morgan fingerprint density at radius 1 is 1.35 bits per heavy atom. The van der Waals surface area contributed by atoms with Gasteiger partial charge >= 0.3 is 6.03 Å². The number of hydrogen-bond acceptors (Lipinski definition) is 3. The van der Waals surface area contributed by atoms with Crippen LogP contribution in [0.4, 0.5) is 4.79 Å². The number of hydrogen-bond donors (Lipinski definition) is 2. The monoisotopic (exact) mass is 281 g/mol. The number of imide groups is 1. The number of carbonyl (C=O) groups is 2. The quantitative estimate of drug-likeness (QED) is 0.771. The van der Waals surface area contributed by atoms with Crippen molar-refractivity contribution < 1.29 is 9.59 Å². The predicted octanol–water partition coefficient (Wildman–Crippen LogP) is 0.190. The molecule has 7 heteroatoms. The molecular formula is C13H23N5O2. The number of aliphatic imine (C=N–C) groups is 1. The van der Waals surface area contributed by atoms with Gasteiger partial charge in [0.2, 0.25) is 0 Å². The van der Waals surface area contributed by atoms with Gasteiger partial charge in [-0.15, -0.1) is 0 Å². The van der Waals surface area contributed by atoms with E-state index in [4.69, 9.17) is 0 Å². The molecule has 2 heterocycles. The van der Waals surface area contributed by atoms with E-state index in [1.807, 2.05) is 11.8 Å². The second-order valence-corrected chi connectivity index (χ2v) is 5.61. The van der Waals surface area contributed by atoms with Crippen molar-refractivity contribution in [2.45, 2.75) is 39.4 Å². The number of nitrogens with zero attached hydrogens (tertiary/aromatic N) is 3. The number of rotatable bonds is 4. The van der Waals surface area contributed by atoms with Crippen LogP contribution < -0.4 is 10.6 Å². The maximum absolute atomic E-state index is 12.0. The zero-order chi connectivity index (χ0) is 14.9. The Morgan fingerprint density at radius 3 is 2.65 bits per heavy atom. The van der Waals surface area contributed by atoms with E-state index in [1.165, 1.54) is 4.90 Å². The average molecular weight is 281 g/mol.